The minimum Gasteiger partial charge on any atom is -0.497 e. The van der Waals surface area contributed by atoms with Gasteiger partial charge in [-0.2, -0.15) is 0 Å². The zero-order valence-electron chi connectivity index (χ0n) is 25.2. The van der Waals surface area contributed by atoms with Gasteiger partial charge in [-0.15, -0.1) is 0 Å². The van der Waals surface area contributed by atoms with Gasteiger partial charge in [-0.05, 0) is 68.7 Å². The molecule has 3 rings (SSSR count). The third kappa shape index (κ3) is 7.82. The van der Waals surface area contributed by atoms with E-state index in [0.717, 1.165) is 21.9 Å². The molecule has 0 spiro atoms. The fourth-order valence-corrected chi connectivity index (χ4v) is 5.94. The van der Waals surface area contributed by atoms with Gasteiger partial charge in [0.05, 0.1) is 24.8 Å². The van der Waals surface area contributed by atoms with E-state index in [1.807, 2.05) is 33.8 Å². The fourth-order valence-electron chi connectivity index (χ4n) is 4.51. The maximum atomic E-state index is 14.2. The standard InChI is InChI=1S/C32H41N3O6S/c1-7-24(4)33-32(37)28(8-2)34(21-25-12-11-13-26(20-25)40-5)31(36)22-35(29-14-9-10-15-30(29)41-6)42(38,39)27-18-16-23(3)17-19-27/h9-20,24,28H,7-8,21-22H2,1-6H3,(H,33,37)/t24-,28+/m0/s1. The number of hydrogen-bond donors (Lipinski definition) is 1. The van der Waals surface area contributed by atoms with Crippen LogP contribution in [0.1, 0.15) is 44.7 Å². The molecule has 9 nitrogen and oxygen atoms in total. The first-order chi connectivity index (χ1) is 20.0. The van der Waals surface area contributed by atoms with Crippen LogP contribution < -0.4 is 19.1 Å². The summed E-state index contributed by atoms with van der Waals surface area (Å²) in [5, 5.41) is 2.98. The van der Waals surface area contributed by atoms with Gasteiger partial charge in [-0.25, -0.2) is 8.42 Å². The predicted octanol–water partition coefficient (Wildman–Crippen LogP) is 4.93. The number of sulfonamides is 1. The molecule has 10 heteroatoms. The fraction of sp³-hybridized carbons (Fsp3) is 0.375. The van der Waals surface area contributed by atoms with Gasteiger partial charge in [0.25, 0.3) is 10.0 Å². The van der Waals surface area contributed by atoms with Crippen molar-refractivity contribution in [1.82, 2.24) is 10.2 Å². The van der Waals surface area contributed by atoms with Crippen molar-refractivity contribution in [3.8, 4) is 11.5 Å². The van der Waals surface area contributed by atoms with Gasteiger partial charge in [0, 0.05) is 12.6 Å². The molecule has 0 aliphatic rings. The Morgan fingerprint density at radius 2 is 1.60 bits per heavy atom. The summed E-state index contributed by atoms with van der Waals surface area (Å²) in [6.07, 6.45) is 1.06. The molecule has 0 bridgehead atoms. The Labute approximate surface area is 249 Å². The van der Waals surface area contributed by atoms with E-state index < -0.39 is 28.5 Å². The van der Waals surface area contributed by atoms with Crippen molar-refractivity contribution in [2.24, 2.45) is 0 Å². The van der Waals surface area contributed by atoms with Gasteiger partial charge in [0.15, 0.2) is 0 Å². The number of carbonyl (C=O) groups excluding carboxylic acids is 2. The number of nitrogens with zero attached hydrogens (tertiary/aromatic N) is 2. The van der Waals surface area contributed by atoms with Crippen LogP contribution in [0.4, 0.5) is 5.69 Å². The van der Waals surface area contributed by atoms with E-state index in [9.17, 15) is 18.0 Å². The molecular weight excluding hydrogens is 554 g/mol. The summed E-state index contributed by atoms with van der Waals surface area (Å²) >= 11 is 0. The Bertz CT molecular complexity index is 1460. The van der Waals surface area contributed by atoms with Crippen molar-refractivity contribution >= 4 is 27.5 Å². The number of amides is 2. The van der Waals surface area contributed by atoms with Crippen molar-refractivity contribution in [3.05, 3.63) is 83.9 Å². The Morgan fingerprint density at radius 1 is 0.905 bits per heavy atom. The smallest absolute Gasteiger partial charge is 0.264 e. The molecule has 0 aromatic heterocycles. The first-order valence-electron chi connectivity index (χ1n) is 14.0. The summed E-state index contributed by atoms with van der Waals surface area (Å²) in [6.45, 7) is 7.08. The molecule has 0 fully saturated rings. The third-order valence-electron chi connectivity index (χ3n) is 7.12. The average Bonchev–Trinajstić information content (AvgIpc) is 2.99. The number of para-hydroxylation sites is 2. The lowest BCUT2D eigenvalue weighted by Gasteiger charge is -2.34. The second-order valence-electron chi connectivity index (χ2n) is 10.1. The van der Waals surface area contributed by atoms with Crippen molar-refractivity contribution in [3.63, 3.8) is 0 Å². The second-order valence-corrected chi connectivity index (χ2v) is 12.0. The van der Waals surface area contributed by atoms with Crippen LogP contribution in [-0.4, -0.2) is 58.0 Å². The third-order valence-corrected chi connectivity index (χ3v) is 8.89. The number of ether oxygens (including phenoxy) is 2. The molecule has 226 valence electrons. The summed E-state index contributed by atoms with van der Waals surface area (Å²) in [4.78, 5) is 29.2. The van der Waals surface area contributed by atoms with Gasteiger partial charge in [-0.3, -0.25) is 13.9 Å². The maximum absolute atomic E-state index is 14.2. The number of anilines is 1. The Balaban J connectivity index is 2.11. The lowest BCUT2D eigenvalue weighted by atomic mass is 10.1. The lowest BCUT2D eigenvalue weighted by Crippen LogP contribution is -2.53. The van der Waals surface area contributed by atoms with Gasteiger partial charge < -0.3 is 19.7 Å². The van der Waals surface area contributed by atoms with E-state index in [4.69, 9.17) is 9.47 Å². The summed E-state index contributed by atoms with van der Waals surface area (Å²) in [6, 6.07) is 19.4. The van der Waals surface area contributed by atoms with E-state index in [2.05, 4.69) is 5.32 Å². The van der Waals surface area contributed by atoms with E-state index >= 15 is 0 Å². The highest BCUT2D eigenvalue weighted by Gasteiger charge is 2.35. The summed E-state index contributed by atoms with van der Waals surface area (Å²) < 4.78 is 40.1. The molecular formula is C32H41N3O6S. The highest BCUT2D eigenvalue weighted by atomic mass is 32.2. The molecule has 0 aliphatic heterocycles. The number of aryl methyl sites for hydroxylation is 1. The van der Waals surface area contributed by atoms with Gasteiger partial charge >= 0.3 is 0 Å². The highest BCUT2D eigenvalue weighted by molar-refractivity contribution is 7.92. The molecule has 3 aromatic carbocycles. The van der Waals surface area contributed by atoms with Crippen LogP contribution in [0.25, 0.3) is 0 Å². The van der Waals surface area contributed by atoms with Gasteiger partial charge in [0.2, 0.25) is 11.8 Å². The quantitative estimate of drug-likeness (QED) is 0.283. The molecule has 0 heterocycles. The largest absolute Gasteiger partial charge is 0.497 e. The number of benzene rings is 3. The first-order valence-corrected chi connectivity index (χ1v) is 15.4. The molecule has 3 aromatic rings. The molecule has 0 radical (unpaired) electrons. The summed E-state index contributed by atoms with van der Waals surface area (Å²) in [5.74, 6) is 0.0652. The highest BCUT2D eigenvalue weighted by Crippen LogP contribution is 2.32. The van der Waals surface area contributed by atoms with E-state index in [1.165, 1.54) is 24.1 Å². The van der Waals surface area contributed by atoms with Crippen LogP contribution in [0.2, 0.25) is 0 Å². The van der Waals surface area contributed by atoms with Crippen molar-refractivity contribution in [1.29, 1.82) is 0 Å². The Hall–Kier alpha value is -4.05. The second kappa shape index (κ2) is 14.7. The monoisotopic (exact) mass is 595 g/mol. The van der Waals surface area contributed by atoms with Crippen LogP contribution in [0.3, 0.4) is 0 Å². The molecule has 2 atom stereocenters. The van der Waals surface area contributed by atoms with Crippen LogP contribution in [0, 0.1) is 6.92 Å². The Morgan fingerprint density at radius 3 is 2.21 bits per heavy atom. The SMILES string of the molecule is CC[C@H](C(=O)N[C@@H](C)CC)N(Cc1cccc(OC)c1)C(=O)CN(c1ccccc1OC)S(=O)(=O)c1ccc(C)cc1. The number of rotatable bonds is 14. The zero-order chi connectivity index (χ0) is 30.9. The number of hydrogen-bond acceptors (Lipinski definition) is 6. The van der Waals surface area contributed by atoms with Gasteiger partial charge in [-0.1, -0.05) is 55.8 Å². The van der Waals surface area contributed by atoms with E-state index in [0.29, 0.717) is 17.9 Å². The molecule has 0 aliphatic carbocycles. The molecule has 0 saturated carbocycles. The van der Waals surface area contributed by atoms with Crippen LogP contribution in [-0.2, 0) is 26.2 Å². The van der Waals surface area contributed by atoms with Crippen LogP contribution in [0.5, 0.6) is 11.5 Å². The zero-order valence-corrected chi connectivity index (χ0v) is 26.0. The summed E-state index contributed by atoms with van der Waals surface area (Å²) in [7, 11) is -1.21. The molecule has 0 unspecified atom stereocenters. The van der Waals surface area contributed by atoms with E-state index in [-0.39, 0.29) is 29.1 Å². The predicted molar refractivity (Wildman–Crippen MR) is 164 cm³/mol. The molecule has 0 saturated heterocycles. The van der Waals surface area contributed by atoms with Gasteiger partial charge in [0.1, 0.15) is 24.1 Å². The first kappa shape index (κ1) is 32.5. The Kier molecular flexibility index (Phi) is 11.4. The number of carbonyl (C=O) groups is 2. The molecule has 2 amide bonds. The van der Waals surface area contributed by atoms with E-state index in [1.54, 1.807) is 61.7 Å². The summed E-state index contributed by atoms with van der Waals surface area (Å²) in [5.41, 5.74) is 1.85. The van der Waals surface area contributed by atoms with Crippen LogP contribution >= 0.6 is 0 Å². The number of nitrogens with one attached hydrogen (secondary N) is 1. The topological polar surface area (TPSA) is 105 Å². The normalized spacial score (nSPS) is 12.6. The van der Waals surface area contributed by atoms with Crippen molar-refractivity contribution in [2.75, 3.05) is 25.1 Å². The number of methoxy groups -OCH3 is 2. The maximum Gasteiger partial charge on any atom is 0.264 e. The lowest BCUT2D eigenvalue weighted by molar-refractivity contribution is -0.140. The minimum atomic E-state index is -4.21. The van der Waals surface area contributed by atoms with Crippen molar-refractivity contribution < 1.29 is 27.5 Å². The van der Waals surface area contributed by atoms with Crippen molar-refractivity contribution in [2.45, 2.75) is 64.1 Å². The van der Waals surface area contributed by atoms with Crippen LogP contribution in [0.15, 0.2) is 77.7 Å². The average molecular weight is 596 g/mol. The molecule has 1 N–H and O–H groups in total. The minimum absolute atomic E-state index is 0.0349. The molecule has 42 heavy (non-hydrogen) atoms.